The minimum atomic E-state index is 0.305. The van der Waals surface area contributed by atoms with Crippen LogP contribution in [-0.4, -0.2) is 18.7 Å². The van der Waals surface area contributed by atoms with E-state index in [0.717, 1.165) is 17.0 Å². The number of ether oxygens (including phenoxy) is 1. The number of nitrogens with zero attached hydrogens (tertiary/aromatic N) is 3. The van der Waals surface area contributed by atoms with Crippen LogP contribution in [0.15, 0.2) is 58.8 Å². The van der Waals surface area contributed by atoms with Crippen LogP contribution in [0.2, 0.25) is 0 Å². The van der Waals surface area contributed by atoms with E-state index in [1.54, 1.807) is 6.21 Å². The van der Waals surface area contributed by atoms with E-state index in [1.165, 1.54) is 0 Å². The molecule has 0 aliphatic carbocycles. The Morgan fingerprint density at radius 2 is 2.04 bits per heavy atom. The van der Waals surface area contributed by atoms with E-state index < -0.39 is 0 Å². The first-order chi connectivity index (χ1) is 11.2. The largest absolute Gasteiger partial charge is 0.483 e. The van der Waals surface area contributed by atoms with Crippen molar-refractivity contribution in [2.45, 2.75) is 13.5 Å². The Bertz CT molecular complexity index is 680. The summed E-state index contributed by atoms with van der Waals surface area (Å²) in [6.45, 7) is 3.06. The van der Waals surface area contributed by atoms with Gasteiger partial charge in [-0.2, -0.15) is 5.10 Å². The highest BCUT2D eigenvalue weighted by atomic mass is 16.5. The first-order valence-electron chi connectivity index (χ1n) is 7.44. The fourth-order valence-electron chi connectivity index (χ4n) is 1.89. The van der Waals surface area contributed by atoms with Gasteiger partial charge in [0.15, 0.2) is 12.8 Å². The number of nitrogens with two attached hydrogens (primary N) is 1. The fourth-order valence-corrected chi connectivity index (χ4v) is 1.89. The Morgan fingerprint density at radius 1 is 1.26 bits per heavy atom. The second-order valence-corrected chi connectivity index (χ2v) is 4.89. The highest BCUT2D eigenvalue weighted by Crippen LogP contribution is 2.12. The first kappa shape index (κ1) is 16.5. The van der Waals surface area contributed by atoms with Gasteiger partial charge in [0, 0.05) is 18.7 Å². The molecule has 0 aliphatic rings. The van der Waals surface area contributed by atoms with Gasteiger partial charge < -0.3 is 10.5 Å². The summed E-state index contributed by atoms with van der Waals surface area (Å²) in [6, 6.07) is 13.7. The Morgan fingerprint density at radius 3 is 2.74 bits per heavy atom. The number of aliphatic imine (C=N–C) groups is 1. The highest BCUT2D eigenvalue weighted by molar-refractivity contribution is 5.83. The van der Waals surface area contributed by atoms with Gasteiger partial charge in [-0.25, -0.2) is 9.99 Å². The van der Waals surface area contributed by atoms with Gasteiger partial charge in [-0.05, 0) is 42.8 Å². The Balaban J connectivity index is 1.88. The zero-order valence-corrected chi connectivity index (χ0v) is 13.4. The van der Waals surface area contributed by atoms with E-state index in [1.807, 2.05) is 67.2 Å². The van der Waals surface area contributed by atoms with Crippen LogP contribution in [0.1, 0.15) is 18.2 Å². The minimum absolute atomic E-state index is 0.305. The lowest BCUT2D eigenvalue weighted by Gasteiger charge is -2.05. The lowest BCUT2D eigenvalue weighted by Crippen LogP contribution is -2.33. The van der Waals surface area contributed by atoms with E-state index in [0.29, 0.717) is 19.1 Å². The van der Waals surface area contributed by atoms with E-state index in [4.69, 9.17) is 10.5 Å². The number of benzene rings is 1. The number of aryl methyl sites for hydroxylation is 1. The van der Waals surface area contributed by atoms with Crippen molar-refractivity contribution >= 4 is 12.2 Å². The van der Waals surface area contributed by atoms with Crippen LogP contribution in [0.3, 0.4) is 0 Å². The second kappa shape index (κ2) is 8.53. The van der Waals surface area contributed by atoms with Gasteiger partial charge in [0.2, 0.25) is 11.7 Å². The van der Waals surface area contributed by atoms with E-state index >= 15 is 0 Å². The molecule has 1 heterocycles. The average molecular weight is 312 g/mol. The predicted octanol–water partition coefficient (Wildman–Crippen LogP) is 1.35. The summed E-state index contributed by atoms with van der Waals surface area (Å²) in [7, 11) is 2.00. The summed E-state index contributed by atoms with van der Waals surface area (Å²) < 4.78 is 7.82. The summed E-state index contributed by atoms with van der Waals surface area (Å²) in [6.07, 6.45) is 3.68. The molecule has 0 radical (unpaired) electrons. The third-order valence-corrected chi connectivity index (χ3v) is 3.15. The summed E-state index contributed by atoms with van der Waals surface area (Å²) >= 11 is 0. The van der Waals surface area contributed by atoms with Gasteiger partial charge >= 0.3 is 0 Å². The van der Waals surface area contributed by atoms with Crippen molar-refractivity contribution in [3.63, 3.8) is 0 Å². The maximum atomic E-state index is 5.78. The number of guanidine groups is 1. The average Bonchev–Trinajstić information content (AvgIpc) is 2.56. The van der Waals surface area contributed by atoms with E-state index in [9.17, 15) is 0 Å². The normalized spacial score (nSPS) is 11.7. The molecule has 2 aromatic rings. The van der Waals surface area contributed by atoms with Gasteiger partial charge in [0.05, 0.1) is 6.21 Å². The molecular formula is C17H22N5O+. The summed E-state index contributed by atoms with van der Waals surface area (Å²) in [5, 5.41) is 4.02. The topological polar surface area (TPSA) is 75.9 Å². The van der Waals surface area contributed by atoms with Crippen molar-refractivity contribution in [3.05, 3.63) is 59.9 Å². The molecule has 23 heavy (non-hydrogen) atoms. The SMILES string of the molecule is CCN=C(N)N/N=C/c1ccc(OCc2cccc[n+]2C)cc1. The van der Waals surface area contributed by atoms with Crippen molar-refractivity contribution in [3.8, 4) is 5.75 Å². The van der Waals surface area contributed by atoms with Crippen molar-refractivity contribution in [2.75, 3.05) is 6.54 Å². The monoisotopic (exact) mass is 312 g/mol. The molecular weight excluding hydrogens is 290 g/mol. The Hall–Kier alpha value is -2.89. The molecule has 6 nitrogen and oxygen atoms in total. The van der Waals surface area contributed by atoms with Gasteiger partial charge in [-0.1, -0.05) is 0 Å². The maximum Gasteiger partial charge on any atom is 0.219 e. The summed E-state index contributed by atoms with van der Waals surface area (Å²) in [5.41, 5.74) is 10.3. The lowest BCUT2D eigenvalue weighted by atomic mass is 10.2. The molecule has 0 bridgehead atoms. The highest BCUT2D eigenvalue weighted by Gasteiger charge is 2.05. The van der Waals surface area contributed by atoms with Crippen LogP contribution in [-0.2, 0) is 13.7 Å². The molecule has 6 heteroatoms. The molecule has 0 amide bonds. The molecule has 120 valence electrons. The number of rotatable bonds is 6. The van der Waals surface area contributed by atoms with Crippen molar-refractivity contribution in [1.29, 1.82) is 0 Å². The zero-order chi connectivity index (χ0) is 16.5. The van der Waals surface area contributed by atoms with Crippen LogP contribution in [0.5, 0.6) is 5.75 Å². The zero-order valence-electron chi connectivity index (χ0n) is 13.4. The van der Waals surface area contributed by atoms with E-state index in [-0.39, 0.29) is 0 Å². The maximum absolute atomic E-state index is 5.78. The van der Waals surface area contributed by atoms with Gasteiger partial charge in [-0.15, -0.1) is 0 Å². The molecule has 3 N–H and O–H groups in total. The molecule has 0 saturated carbocycles. The third kappa shape index (κ3) is 5.43. The predicted molar refractivity (Wildman–Crippen MR) is 91.3 cm³/mol. The van der Waals surface area contributed by atoms with Gasteiger partial charge in [0.1, 0.15) is 12.8 Å². The molecule has 0 atom stereocenters. The molecule has 2 rings (SSSR count). The van der Waals surface area contributed by atoms with Crippen LogP contribution < -0.4 is 20.5 Å². The Labute approximate surface area is 136 Å². The van der Waals surface area contributed by atoms with Crippen LogP contribution >= 0.6 is 0 Å². The van der Waals surface area contributed by atoms with Crippen molar-refractivity contribution < 1.29 is 9.30 Å². The molecule has 1 aromatic heterocycles. The standard InChI is InChI=1S/C17H22N5O/c1-3-19-17(18)21-20-12-14-7-9-16(10-8-14)23-13-15-6-4-5-11-22(15)2/h4-12H,3,13H2,1-2H3,(H3,18,19,21)/q+1/b20-12+. The summed E-state index contributed by atoms with van der Waals surface area (Å²) in [5.74, 6) is 1.12. The minimum Gasteiger partial charge on any atom is -0.483 e. The molecule has 0 fully saturated rings. The summed E-state index contributed by atoms with van der Waals surface area (Å²) in [4.78, 5) is 3.98. The lowest BCUT2D eigenvalue weighted by molar-refractivity contribution is -0.680. The van der Waals surface area contributed by atoms with E-state index in [2.05, 4.69) is 15.5 Å². The second-order valence-electron chi connectivity index (χ2n) is 4.89. The number of hydrogen-bond donors (Lipinski definition) is 2. The molecule has 0 saturated heterocycles. The van der Waals surface area contributed by atoms with Gasteiger partial charge in [0.25, 0.3) is 0 Å². The van der Waals surface area contributed by atoms with Crippen LogP contribution in [0.25, 0.3) is 0 Å². The molecule has 0 aliphatic heterocycles. The molecule has 0 unspecified atom stereocenters. The fraction of sp³-hybridized carbons (Fsp3) is 0.235. The van der Waals surface area contributed by atoms with Crippen LogP contribution in [0.4, 0.5) is 0 Å². The smallest absolute Gasteiger partial charge is 0.219 e. The number of nitrogens with one attached hydrogen (secondary N) is 1. The van der Waals surface area contributed by atoms with Crippen molar-refractivity contribution in [1.82, 2.24) is 5.43 Å². The molecule has 0 spiro atoms. The first-order valence-corrected chi connectivity index (χ1v) is 7.44. The Kier molecular flexibility index (Phi) is 6.11. The number of aromatic nitrogens is 1. The van der Waals surface area contributed by atoms with Gasteiger partial charge in [-0.3, -0.25) is 4.99 Å². The van der Waals surface area contributed by atoms with Crippen LogP contribution in [0, 0.1) is 0 Å². The molecule has 1 aromatic carbocycles. The quantitative estimate of drug-likeness (QED) is 0.366. The third-order valence-electron chi connectivity index (χ3n) is 3.15. The van der Waals surface area contributed by atoms with Crippen molar-refractivity contribution in [2.24, 2.45) is 22.9 Å². The number of hydrazone groups is 1. The number of pyridine rings is 1. The number of hydrogen-bond acceptors (Lipinski definition) is 3.